The van der Waals surface area contributed by atoms with Crippen molar-refractivity contribution in [3.8, 4) is 0 Å². The van der Waals surface area contributed by atoms with Crippen LogP contribution in [0.5, 0.6) is 0 Å². The summed E-state index contributed by atoms with van der Waals surface area (Å²) >= 11 is 0. The first-order valence-electron chi connectivity index (χ1n) is 0. The van der Waals surface area contributed by atoms with Crippen LogP contribution in [0.2, 0.25) is 0 Å². The molecule has 0 aliphatic carbocycles. The summed E-state index contributed by atoms with van der Waals surface area (Å²) < 4.78 is 0. The summed E-state index contributed by atoms with van der Waals surface area (Å²) in [6, 6.07) is 0. The van der Waals surface area contributed by atoms with Gasteiger partial charge in [-0.1, -0.05) is 0 Å². The van der Waals surface area contributed by atoms with Crippen LogP contribution in [0.3, 0.4) is 0 Å². The van der Waals surface area contributed by atoms with Crippen LogP contribution >= 0.6 is 0 Å². The molecular weight excluding hydrogens is 170 g/mol. The first kappa shape index (κ1) is 37.8. The molecule has 0 saturated heterocycles. The van der Waals surface area contributed by atoms with Gasteiger partial charge in [0.05, 0.1) is 0 Å². The van der Waals surface area contributed by atoms with Crippen LogP contribution in [0.4, 0.5) is 0 Å². The Bertz CT molecular complexity index is 5.51. The minimum absolute atomic E-state index is 0. The molecule has 0 saturated carbocycles. The number of rotatable bonds is 0. The average Bonchev–Trinajstić information content (AvgIpc) is 0. The minimum atomic E-state index is 0. The molecule has 0 heterocycles. The Labute approximate surface area is 213 Å². The van der Waals surface area contributed by atoms with Gasteiger partial charge in [0.15, 0.2) is 0 Å². The molecule has 0 aromatic heterocycles. The zero-order valence-electron chi connectivity index (χ0n) is 0. The predicted molar refractivity (Wildman–Crippen MR) is 42.9 cm³/mol. The van der Waals surface area contributed by atoms with Crippen LogP contribution in [0, 0.1) is 0 Å². The molecule has 0 fully saturated rings. The molecule has 0 N–H and O–H groups in total. The molecule has 0 aromatic rings. The van der Waals surface area contributed by atoms with Gasteiger partial charge in [0.25, 0.3) is 0 Å². The molecule has 6 heteroatoms. The summed E-state index contributed by atoms with van der Waals surface area (Å²) in [6.45, 7) is 0. The summed E-state index contributed by atoms with van der Waals surface area (Å²) in [5.41, 5.74) is 0. The quantitative estimate of drug-likeness (QED) is 0.331. The monoisotopic (exact) mass is 176 g/mol. The molecule has 0 aliphatic rings. The zero-order valence-corrected chi connectivity index (χ0v) is 0. The van der Waals surface area contributed by atoms with Crippen molar-refractivity contribution >= 4 is 221 Å². The van der Waals surface area contributed by atoms with Crippen molar-refractivity contribution in [2.24, 2.45) is 0 Å². The van der Waals surface area contributed by atoms with Gasteiger partial charge in [-0.15, -0.1) is 0 Å². The van der Waals surface area contributed by atoms with Gasteiger partial charge >= 0.3 is 221 Å². The molecule has 0 nitrogen and oxygen atoms in total. The van der Waals surface area contributed by atoms with Crippen molar-refractivity contribution in [1.82, 2.24) is 0 Å². The molecule has 0 aromatic carbocycles. The van der Waals surface area contributed by atoms with Gasteiger partial charge in [-0.25, -0.2) is 0 Å². The summed E-state index contributed by atoms with van der Waals surface area (Å²) in [4.78, 5) is 0. The Kier molecular flexibility index (Phi) is 186. The summed E-state index contributed by atoms with van der Waals surface area (Å²) in [7, 11) is 0. The topological polar surface area (TPSA) is 0 Å². The van der Waals surface area contributed by atoms with Crippen LogP contribution < -0.4 is 0 Å². The second-order valence-corrected chi connectivity index (χ2v) is 0. The van der Waals surface area contributed by atoms with Gasteiger partial charge in [-0.2, -0.15) is 0 Å². The van der Waals surface area contributed by atoms with Gasteiger partial charge < -0.3 is 0 Å². The van der Waals surface area contributed by atoms with Gasteiger partial charge in [-0.3, -0.25) is 0 Å². The van der Waals surface area contributed by atoms with E-state index < -0.39 is 0 Å². The van der Waals surface area contributed by atoms with Crippen molar-refractivity contribution in [3.63, 3.8) is 0 Å². The fraction of sp³-hybridized carbons (Fsp3) is 0. The van der Waals surface area contributed by atoms with E-state index in [9.17, 15) is 0 Å². The Hall–Kier alpha value is 7.27. The molecule has 12 valence electrons. The van der Waals surface area contributed by atoms with Crippen LogP contribution in [-0.4, -0.2) is 221 Å². The van der Waals surface area contributed by atoms with E-state index in [1.165, 1.54) is 0 Å². The molecule has 0 amide bonds. The third kappa shape index (κ3) is 22.5. The van der Waals surface area contributed by atoms with Gasteiger partial charge in [0.1, 0.15) is 0 Å². The van der Waals surface area contributed by atoms with Crippen molar-refractivity contribution in [2.75, 3.05) is 0 Å². The normalized spacial score (nSPS) is 0. The fourth-order valence-electron chi connectivity index (χ4n) is 0. The first-order chi connectivity index (χ1) is 0. The predicted octanol–water partition coefficient (Wildman–Crippen LogP) is -3.89. The van der Waals surface area contributed by atoms with E-state index in [4.69, 9.17) is 0 Å². The van der Waals surface area contributed by atoms with Gasteiger partial charge in [-0.05, 0) is 0 Å². The summed E-state index contributed by atoms with van der Waals surface area (Å²) in [6.07, 6.45) is 0. The number of hydrogen-bond donors (Lipinski definition) is 0. The Morgan fingerprint density at radius 2 is 0.333 bits per heavy atom. The SMILES string of the molecule is [KH].[KH].[NaH].[NaH].[NaH].[NaH]. The molecule has 0 radical (unpaired) electrons. The molecule has 0 unspecified atom stereocenters. The van der Waals surface area contributed by atoms with Gasteiger partial charge in [0.2, 0.25) is 0 Å². The van der Waals surface area contributed by atoms with Gasteiger partial charge in [0, 0.05) is 0 Å². The standard InChI is InChI=1S/2K.4Na.6H. The van der Waals surface area contributed by atoms with E-state index in [0.29, 0.717) is 0 Å². The summed E-state index contributed by atoms with van der Waals surface area (Å²) in [5, 5.41) is 0. The van der Waals surface area contributed by atoms with Crippen LogP contribution in [-0.2, 0) is 0 Å². The molecule has 0 aliphatic heterocycles. The Morgan fingerprint density at radius 3 is 0.333 bits per heavy atom. The van der Waals surface area contributed by atoms with Crippen molar-refractivity contribution in [3.05, 3.63) is 0 Å². The molecule has 0 rings (SSSR count). The van der Waals surface area contributed by atoms with E-state index in [-0.39, 0.29) is 221 Å². The van der Waals surface area contributed by atoms with Crippen LogP contribution in [0.25, 0.3) is 0 Å². The summed E-state index contributed by atoms with van der Waals surface area (Å²) in [5.74, 6) is 0. The zero-order chi connectivity index (χ0) is 0. The van der Waals surface area contributed by atoms with Crippen LogP contribution in [0.15, 0.2) is 0 Å². The van der Waals surface area contributed by atoms with Crippen molar-refractivity contribution < 1.29 is 0 Å². The first-order valence-corrected chi connectivity index (χ1v) is 0. The maximum absolute atomic E-state index is 0. The molecule has 0 spiro atoms. The number of hydrogen-bond acceptors (Lipinski definition) is 0. The second kappa shape index (κ2) is 29.5. The Balaban J connectivity index is 0. The van der Waals surface area contributed by atoms with E-state index in [1.54, 1.807) is 0 Å². The van der Waals surface area contributed by atoms with E-state index in [1.807, 2.05) is 0 Å². The average molecular weight is 176 g/mol. The molecule has 0 atom stereocenters. The van der Waals surface area contributed by atoms with Crippen molar-refractivity contribution in [2.45, 2.75) is 0 Å². The third-order valence-corrected chi connectivity index (χ3v) is 0. The Morgan fingerprint density at radius 1 is 0.333 bits per heavy atom. The van der Waals surface area contributed by atoms with E-state index >= 15 is 0 Å². The van der Waals surface area contributed by atoms with E-state index in [0.717, 1.165) is 0 Å². The van der Waals surface area contributed by atoms with Crippen molar-refractivity contribution in [1.29, 1.82) is 0 Å². The fourth-order valence-corrected chi connectivity index (χ4v) is 0. The molecule has 6 heavy (non-hydrogen) atoms. The van der Waals surface area contributed by atoms with E-state index in [2.05, 4.69) is 0 Å². The maximum atomic E-state index is 0. The van der Waals surface area contributed by atoms with Crippen LogP contribution in [0.1, 0.15) is 0 Å². The molecule has 0 bridgehead atoms. The molecular formula is H6K2Na4. The second-order valence-electron chi connectivity index (χ2n) is 0. The third-order valence-electron chi connectivity index (χ3n) is 0.